The van der Waals surface area contributed by atoms with Crippen LogP contribution in [-0.4, -0.2) is 12.6 Å². The first kappa shape index (κ1) is 16.0. The van der Waals surface area contributed by atoms with Crippen molar-refractivity contribution in [1.82, 2.24) is 10.6 Å². The summed E-state index contributed by atoms with van der Waals surface area (Å²) in [6.07, 6.45) is 3.94. The van der Waals surface area contributed by atoms with E-state index in [2.05, 4.69) is 10.6 Å². The van der Waals surface area contributed by atoms with Gasteiger partial charge in [0.1, 0.15) is 5.82 Å². The van der Waals surface area contributed by atoms with E-state index < -0.39 is 0 Å². The Labute approximate surface area is 133 Å². The molecule has 0 radical (unpaired) electrons. The summed E-state index contributed by atoms with van der Waals surface area (Å²) in [5.41, 5.74) is 1.91. The van der Waals surface area contributed by atoms with Gasteiger partial charge in [0.15, 0.2) is 0 Å². The number of rotatable bonds is 5. The average Bonchev–Trinajstić information content (AvgIpc) is 2.51. The quantitative estimate of drug-likeness (QED) is 0.860. The SMILES string of the molecule is O=C(N/C=C/c1ccc(F)cc1)NCCc1ccc(Cl)cc1. The van der Waals surface area contributed by atoms with Crippen molar-refractivity contribution in [3.8, 4) is 0 Å². The summed E-state index contributed by atoms with van der Waals surface area (Å²) in [7, 11) is 0. The van der Waals surface area contributed by atoms with Gasteiger partial charge >= 0.3 is 6.03 Å². The van der Waals surface area contributed by atoms with Gasteiger partial charge in [0, 0.05) is 17.8 Å². The number of halogens is 2. The Hall–Kier alpha value is -2.33. The fourth-order valence-electron chi connectivity index (χ4n) is 1.81. The van der Waals surface area contributed by atoms with Crippen LogP contribution in [0.4, 0.5) is 9.18 Å². The van der Waals surface area contributed by atoms with E-state index in [9.17, 15) is 9.18 Å². The Morgan fingerprint density at radius 2 is 1.77 bits per heavy atom. The first-order chi connectivity index (χ1) is 10.6. The normalized spacial score (nSPS) is 10.6. The molecule has 2 amide bonds. The highest BCUT2D eigenvalue weighted by atomic mass is 35.5. The second kappa shape index (κ2) is 8.20. The van der Waals surface area contributed by atoms with Gasteiger partial charge in [-0.1, -0.05) is 35.9 Å². The zero-order valence-corrected chi connectivity index (χ0v) is 12.6. The summed E-state index contributed by atoms with van der Waals surface area (Å²) in [6.45, 7) is 0.526. The number of amides is 2. The molecule has 0 fully saturated rings. The van der Waals surface area contributed by atoms with Crippen LogP contribution in [-0.2, 0) is 6.42 Å². The van der Waals surface area contributed by atoms with Crippen LogP contribution < -0.4 is 10.6 Å². The van der Waals surface area contributed by atoms with Crippen molar-refractivity contribution in [2.75, 3.05) is 6.54 Å². The molecular formula is C17H16ClFN2O. The molecule has 0 bridgehead atoms. The number of benzene rings is 2. The molecule has 0 aliphatic heterocycles. The second-order valence-electron chi connectivity index (χ2n) is 4.66. The fourth-order valence-corrected chi connectivity index (χ4v) is 1.94. The Morgan fingerprint density at radius 3 is 2.45 bits per heavy atom. The molecular weight excluding hydrogens is 303 g/mol. The van der Waals surface area contributed by atoms with Crippen molar-refractivity contribution < 1.29 is 9.18 Å². The molecule has 2 aromatic carbocycles. The van der Waals surface area contributed by atoms with Crippen LogP contribution in [0, 0.1) is 5.82 Å². The minimum absolute atomic E-state index is 0.285. The molecule has 0 aromatic heterocycles. The summed E-state index contributed by atoms with van der Waals surface area (Å²) in [5, 5.41) is 6.04. The van der Waals surface area contributed by atoms with E-state index in [4.69, 9.17) is 11.6 Å². The summed E-state index contributed by atoms with van der Waals surface area (Å²) < 4.78 is 12.7. The Kier molecular flexibility index (Phi) is 5.98. The predicted molar refractivity (Wildman–Crippen MR) is 87.1 cm³/mol. The lowest BCUT2D eigenvalue weighted by Gasteiger charge is -2.05. The molecule has 2 N–H and O–H groups in total. The Bertz CT molecular complexity index is 639. The van der Waals surface area contributed by atoms with E-state index >= 15 is 0 Å². The minimum Gasteiger partial charge on any atom is -0.338 e. The van der Waals surface area contributed by atoms with Crippen LogP contribution in [0.1, 0.15) is 11.1 Å². The lowest BCUT2D eigenvalue weighted by atomic mass is 10.1. The Balaban J connectivity index is 1.69. The van der Waals surface area contributed by atoms with Crippen molar-refractivity contribution in [1.29, 1.82) is 0 Å². The Morgan fingerprint density at radius 1 is 1.09 bits per heavy atom. The molecule has 2 aromatic rings. The lowest BCUT2D eigenvalue weighted by molar-refractivity contribution is 0.244. The zero-order valence-electron chi connectivity index (χ0n) is 11.9. The summed E-state index contributed by atoms with van der Waals surface area (Å²) >= 11 is 5.80. The van der Waals surface area contributed by atoms with Crippen molar-refractivity contribution in [3.63, 3.8) is 0 Å². The molecule has 0 atom stereocenters. The molecule has 22 heavy (non-hydrogen) atoms. The molecule has 114 valence electrons. The molecule has 0 aliphatic rings. The van der Waals surface area contributed by atoms with Gasteiger partial charge in [-0.3, -0.25) is 0 Å². The van der Waals surface area contributed by atoms with Crippen LogP contribution in [0.15, 0.2) is 54.7 Å². The first-order valence-corrected chi connectivity index (χ1v) is 7.22. The van der Waals surface area contributed by atoms with Gasteiger partial charge in [-0.15, -0.1) is 0 Å². The highest BCUT2D eigenvalue weighted by molar-refractivity contribution is 6.30. The van der Waals surface area contributed by atoms with Gasteiger partial charge in [0.25, 0.3) is 0 Å². The van der Waals surface area contributed by atoms with E-state index in [1.807, 2.05) is 24.3 Å². The standard InChI is InChI=1S/C17H16ClFN2O/c18-15-5-1-13(2-6-15)9-11-20-17(22)21-12-10-14-3-7-16(19)8-4-14/h1-8,10,12H,9,11H2,(H2,20,21,22)/b12-10+. The molecule has 3 nitrogen and oxygen atoms in total. The van der Waals surface area contributed by atoms with Crippen molar-refractivity contribution in [2.24, 2.45) is 0 Å². The van der Waals surface area contributed by atoms with Crippen LogP contribution in [0.5, 0.6) is 0 Å². The number of nitrogens with one attached hydrogen (secondary N) is 2. The zero-order chi connectivity index (χ0) is 15.8. The molecule has 0 aliphatic carbocycles. The van der Waals surface area contributed by atoms with Gasteiger partial charge in [-0.2, -0.15) is 0 Å². The third-order valence-electron chi connectivity index (χ3n) is 2.97. The topological polar surface area (TPSA) is 41.1 Å². The van der Waals surface area contributed by atoms with Crippen LogP contribution >= 0.6 is 11.6 Å². The fraction of sp³-hybridized carbons (Fsp3) is 0.118. The molecule has 0 saturated heterocycles. The van der Waals surface area contributed by atoms with E-state index in [-0.39, 0.29) is 11.8 Å². The first-order valence-electron chi connectivity index (χ1n) is 6.84. The average molecular weight is 319 g/mol. The van der Waals surface area contributed by atoms with Crippen LogP contribution in [0.2, 0.25) is 5.02 Å². The maximum Gasteiger partial charge on any atom is 0.318 e. The third-order valence-corrected chi connectivity index (χ3v) is 3.22. The maximum atomic E-state index is 12.7. The van der Waals surface area contributed by atoms with E-state index in [1.54, 1.807) is 18.2 Å². The number of urea groups is 1. The molecule has 2 rings (SSSR count). The molecule has 5 heteroatoms. The summed E-state index contributed by atoms with van der Waals surface area (Å²) in [6, 6.07) is 13.2. The van der Waals surface area contributed by atoms with Gasteiger partial charge in [0.05, 0.1) is 0 Å². The summed E-state index contributed by atoms with van der Waals surface area (Å²) in [4.78, 5) is 11.6. The minimum atomic E-state index is -0.287. The van der Waals surface area contributed by atoms with Crippen molar-refractivity contribution in [2.45, 2.75) is 6.42 Å². The molecule has 0 spiro atoms. The highest BCUT2D eigenvalue weighted by Crippen LogP contribution is 2.09. The van der Waals surface area contributed by atoms with Crippen LogP contribution in [0.25, 0.3) is 6.08 Å². The number of carbonyl (C=O) groups is 1. The van der Waals surface area contributed by atoms with E-state index in [0.717, 1.165) is 17.5 Å². The largest absolute Gasteiger partial charge is 0.338 e. The predicted octanol–water partition coefficient (Wildman–Crippen LogP) is 3.99. The van der Waals surface area contributed by atoms with E-state index in [0.29, 0.717) is 11.6 Å². The van der Waals surface area contributed by atoms with Crippen LogP contribution in [0.3, 0.4) is 0 Å². The maximum absolute atomic E-state index is 12.7. The van der Waals surface area contributed by atoms with Gasteiger partial charge in [-0.05, 0) is 47.9 Å². The van der Waals surface area contributed by atoms with Gasteiger partial charge in [0.2, 0.25) is 0 Å². The molecule has 0 heterocycles. The summed E-state index contributed by atoms with van der Waals surface area (Å²) in [5.74, 6) is -0.287. The third kappa shape index (κ3) is 5.58. The molecule has 0 saturated carbocycles. The van der Waals surface area contributed by atoms with Gasteiger partial charge < -0.3 is 10.6 Å². The second-order valence-corrected chi connectivity index (χ2v) is 5.10. The highest BCUT2D eigenvalue weighted by Gasteiger charge is 1.98. The molecule has 0 unspecified atom stereocenters. The number of carbonyl (C=O) groups excluding carboxylic acids is 1. The smallest absolute Gasteiger partial charge is 0.318 e. The lowest BCUT2D eigenvalue weighted by Crippen LogP contribution is -2.33. The van der Waals surface area contributed by atoms with Crippen molar-refractivity contribution >= 4 is 23.7 Å². The van der Waals surface area contributed by atoms with Crippen molar-refractivity contribution in [3.05, 3.63) is 76.7 Å². The van der Waals surface area contributed by atoms with Gasteiger partial charge in [-0.25, -0.2) is 9.18 Å². The number of hydrogen-bond acceptors (Lipinski definition) is 1. The number of hydrogen-bond donors (Lipinski definition) is 2. The monoisotopic (exact) mass is 318 g/mol. The van der Waals surface area contributed by atoms with E-state index in [1.165, 1.54) is 18.3 Å².